The average molecular weight is 310 g/mol. The van der Waals surface area contributed by atoms with Crippen molar-refractivity contribution in [3.05, 3.63) is 23.8 Å². The summed E-state index contributed by atoms with van der Waals surface area (Å²) in [6, 6.07) is 3.75. The van der Waals surface area contributed by atoms with Crippen molar-refractivity contribution in [1.29, 1.82) is 0 Å². The molecule has 21 heavy (non-hydrogen) atoms. The Hall–Kier alpha value is -1.89. The van der Waals surface area contributed by atoms with E-state index in [0.29, 0.717) is 11.8 Å². The maximum atomic E-state index is 11.8. The van der Waals surface area contributed by atoms with E-state index in [0.717, 1.165) is 12.2 Å². The highest BCUT2D eigenvalue weighted by Crippen LogP contribution is 2.27. The van der Waals surface area contributed by atoms with Gasteiger partial charge in [-0.25, -0.2) is 9.59 Å². The van der Waals surface area contributed by atoms with Crippen LogP contribution in [0.15, 0.2) is 18.2 Å². The number of nitrogens with one attached hydrogen (secondary N) is 2. The lowest BCUT2D eigenvalue weighted by Crippen LogP contribution is -2.35. The topological polar surface area (TPSA) is 98.7 Å². The third-order valence-corrected chi connectivity index (χ3v) is 4.68. The van der Waals surface area contributed by atoms with Crippen molar-refractivity contribution in [3.8, 4) is 5.75 Å². The molecule has 1 atom stereocenters. The number of urea groups is 1. The van der Waals surface area contributed by atoms with Gasteiger partial charge in [-0.1, -0.05) is 12.5 Å². The second-order valence-corrected chi connectivity index (χ2v) is 6.24. The number of aromatic carboxylic acids is 1. The van der Waals surface area contributed by atoms with Crippen LogP contribution < -0.4 is 10.6 Å². The number of amides is 2. The zero-order valence-corrected chi connectivity index (χ0v) is 12.3. The Morgan fingerprint density at radius 3 is 2.81 bits per heavy atom. The predicted molar refractivity (Wildman–Crippen MR) is 82.2 cm³/mol. The van der Waals surface area contributed by atoms with Crippen molar-refractivity contribution in [2.24, 2.45) is 0 Å². The molecule has 7 heteroatoms. The van der Waals surface area contributed by atoms with Crippen LogP contribution in [0.3, 0.4) is 0 Å². The van der Waals surface area contributed by atoms with E-state index in [1.807, 2.05) is 11.8 Å². The number of carboxylic acids is 1. The van der Waals surface area contributed by atoms with E-state index in [1.54, 1.807) is 0 Å². The van der Waals surface area contributed by atoms with Crippen LogP contribution in [0.2, 0.25) is 0 Å². The first kappa shape index (κ1) is 15.5. The highest BCUT2D eigenvalue weighted by atomic mass is 32.2. The Bertz CT molecular complexity index is 530. The lowest BCUT2D eigenvalue weighted by Gasteiger charge is -2.21. The number of carboxylic acid groups (broad SMARTS) is 1. The number of phenols is 1. The Morgan fingerprint density at radius 1 is 1.33 bits per heavy atom. The fourth-order valence-electron chi connectivity index (χ4n) is 2.16. The Kier molecular flexibility index (Phi) is 5.32. The number of thioether (sulfide) groups is 1. The number of aromatic hydroxyl groups is 1. The van der Waals surface area contributed by atoms with Gasteiger partial charge in [0.1, 0.15) is 5.56 Å². The lowest BCUT2D eigenvalue weighted by atomic mass is 10.1. The maximum absolute atomic E-state index is 11.8. The molecule has 114 valence electrons. The van der Waals surface area contributed by atoms with Gasteiger partial charge in [0, 0.05) is 11.8 Å². The minimum Gasteiger partial charge on any atom is -0.505 e. The second-order valence-electron chi connectivity index (χ2n) is 4.83. The van der Waals surface area contributed by atoms with Crippen molar-refractivity contribution in [2.45, 2.75) is 24.5 Å². The molecule has 1 aromatic carbocycles. The van der Waals surface area contributed by atoms with Gasteiger partial charge >= 0.3 is 12.0 Å². The molecule has 1 aliphatic heterocycles. The van der Waals surface area contributed by atoms with Crippen LogP contribution in [0.25, 0.3) is 0 Å². The molecule has 0 saturated carbocycles. The van der Waals surface area contributed by atoms with Crippen LogP contribution in [0.4, 0.5) is 10.5 Å². The smallest absolute Gasteiger partial charge is 0.339 e. The van der Waals surface area contributed by atoms with E-state index in [1.165, 1.54) is 31.0 Å². The number of rotatable bonds is 4. The van der Waals surface area contributed by atoms with Crippen molar-refractivity contribution < 1.29 is 19.8 Å². The second kappa shape index (κ2) is 7.21. The van der Waals surface area contributed by atoms with Gasteiger partial charge < -0.3 is 20.8 Å². The van der Waals surface area contributed by atoms with Crippen LogP contribution >= 0.6 is 11.8 Å². The zero-order chi connectivity index (χ0) is 15.2. The predicted octanol–water partition coefficient (Wildman–Crippen LogP) is 2.50. The van der Waals surface area contributed by atoms with Crippen LogP contribution in [0, 0.1) is 0 Å². The zero-order valence-electron chi connectivity index (χ0n) is 11.5. The van der Waals surface area contributed by atoms with Gasteiger partial charge in [0.25, 0.3) is 0 Å². The van der Waals surface area contributed by atoms with Crippen molar-refractivity contribution in [2.75, 3.05) is 17.6 Å². The summed E-state index contributed by atoms with van der Waals surface area (Å²) in [6.45, 7) is 0.565. The molecule has 2 amide bonds. The first-order valence-electron chi connectivity index (χ1n) is 6.79. The number of para-hydroxylation sites is 1. The highest BCUT2D eigenvalue weighted by Gasteiger charge is 2.17. The summed E-state index contributed by atoms with van der Waals surface area (Å²) < 4.78 is 0. The number of carbonyl (C=O) groups excluding carboxylic acids is 1. The van der Waals surface area contributed by atoms with Gasteiger partial charge in [-0.05, 0) is 30.7 Å². The fraction of sp³-hybridized carbons (Fsp3) is 0.429. The molecule has 1 saturated heterocycles. The van der Waals surface area contributed by atoms with Crippen LogP contribution in [0.5, 0.6) is 5.75 Å². The summed E-state index contributed by atoms with van der Waals surface area (Å²) >= 11 is 1.85. The van der Waals surface area contributed by atoms with Gasteiger partial charge in [-0.3, -0.25) is 0 Å². The van der Waals surface area contributed by atoms with Gasteiger partial charge in [-0.15, -0.1) is 0 Å². The summed E-state index contributed by atoms with van der Waals surface area (Å²) in [7, 11) is 0. The van der Waals surface area contributed by atoms with Gasteiger partial charge in [-0.2, -0.15) is 11.8 Å². The van der Waals surface area contributed by atoms with Crippen LogP contribution in [0.1, 0.15) is 29.6 Å². The number of hydrogen-bond donors (Lipinski definition) is 4. The van der Waals surface area contributed by atoms with Crippen molar-refractivity contribution >= 4 is 29.4 Å². The lowest BCUT2D eigenvalue weighted by molar-refractivity contribution is 0.0693. The molecule has 0 spiro atoms. The molecule has 4 N–H and O–H groups in total. The fourth-order valence-corrected chi connectivity index (χ4v) is 3.40. The minimum atomic E-state index is -1.24. The standard InChI is InChI=1S/C14H18N2O4S/c17-12-10(13(18)19)5-3-6-11(12)16-14(20)15-8-9-4-1-2-7-21-9/h3,5-6,9,17H,1-2,4,7-8H2,(H,18,19)(H2,15,16,20). The monoisotopic (exact) mass is 310 g/mol. The van der Waals surface area contributed by atoms with Gasteiger partial charge in [0.05, 0.1) is 5.69 Å². The molecule has 0 aromatic heterocycles. The number of hydrogen-bond acceptors (Lipinski definition) is 4. The van der Waals surface area contributed by atoms with E-state index in [9.17, 15) is 14.7 Å². The largest absolute Gasteiger partial charge is 0.505 e. The molecule has 0 aliphatic carbocycles. The highest BCUT2D eigenvalue weighted by molar-refractivity contribution is 7.99. The molecule has 6 nitrogen and oxygen atoms in total. The molecule has 1 aromatic rings. The van der Waals surface area contributed by atoms with E-state index < -0.39 is 17.7 Å². The van der Waals surface area contributed by atoms with E-state index in [2.05, 4.69) is 10.6 Å². The summed E-state index contributed by atoms with van der Waals surface area (Å²) in [5.74, 6) is -0.558. The quantitative estimate of drug-likeness (QED) is 0.640. The van der Waals surface area contributed by atoms with E-state index in [4.69, 9.17) is 5.11 Å². The average Bonchev–Trinajstić information content (AvgIpc) is 2.48. The third-order valence-electron chi connectivity index (χ3n) is 3.28. The molecule has 1 aliphatic rings. The number of anilines is 1. The van der Waals surface area contributed by atoms with E-state index >= 15 is 0 Å². The Morgan fingerprint density at radius 2 is 2.14 bits per heavy atom. The van der Waals surface area contributed by atoms with E-state index in [-0.39, 0.29) is 11.3 Å². The first-order valence-corrected chi connectivity index (χ1v) is 7.84. The Labute approximate surface area is 126 Å². The summed E-state index contributed by atoms with van der Waals surface area (Å²) in [5.41, 5.74) is -0.153. The van der Waals surface area contributed by atoms with Crippen LogP contribution in [-0.4, -0.2) is 39.8 Å². The maximum Gasteiger partial charge on any atom is 0.339 e. The molecule has 0 bridgehead atoms. The SMILES string of the molecule is O=C(NCC1CCCCS1)Nc1cccc(C(=O)O)c1O. The summed E-state index contributed by atoms with van der Waals surface area (Å²) in [5, 5.41) is 24.3. The molecule has 1 heterocycles. The molecule has 0 radical (unpaired) electrons. The van der Waals surface area contributed by atoms with Crippen molar-refractivity contribution in [3.63, 3.8) is 0 Å². The van der Waals surface area contributed by atoms with Gasteiger partial charge in [0.2, 0.25) is 0 Å². The summed E-state index contributed by atoms with van der Waals surface area (Å²) in [4.78, 5) is 22.7. The third kappa shape index (κ3) is 4.29. The Balaban J connectivity index is 1.90. The molecule has 1 unspecified atom stereocenters. The molecule has 1 fully saturated rings. The molecular weight excluding hydrogens is 292 g/mol. The van der Waals surface area contributed by atoms with Crippen LogP contribution in [-0.2, 0) is 0 Å². The van der Waals surface area contributed by atoms with Gasteiger partial charge in [0.15, 0.2) is 5.75 Å². The molecule has 2 rings (SSSR count). The minimum absolute atomic E-state index is 0.0868. The number of carbonyl (C=O) groups is 2. The first-order chi connectivity index (χ1) is 10.1. The van der Waals surface area contributed by atoms with Crippen molar-refractivity contribution in [1.82, 2.24) is 5.32 Å². The normalized spacial score (nSPS) is 18.0. The summed E-state index contributed by atoms with van der Waals surface area (Å²) in [6.07, 6.45) is 3.50. The molecular formula is C14H18N2O4S. The number of benzene rings is 1.